The van der Waals surface area contributed by atoms with Crippen LogP contribution in [0, 0.1) is 0 Å². The van der Waals surface area contributed by atoms with Gasteiger partial charge in [0, 0.05) is 24.5 Å². The highest BCUT2D eigenvalue weighted by molar-refractivity contribution is 8.12. The highest BCUT2D eigenvalue weighted by Gasteiger charge is 2.08. The monoisotopic (exact) mass is 248 g/mol. The summed E-state index contributed by atoms with van der Waals surface area (Å²) in [5, 5.41) is -0.524. The van der Waals surface area contributed by atoms with Gasteiger partial charge in [0.05, 0.1) is 11.9 Å². The Morgan fingerprint density at radius 2 is 1.59 bits per heavy atom. The first-order valence-electron chi connectivity index (χ1n) is 4.76. The minimum Gasteiger partial charge on any atom is -0.269 e. The molecule has 0 aromatic carbocycles. The Balaban J connectivity index is 2.30. The van der Waals surface area contributed by atoms with Crippen molar-refractivity contribution in [3.63, 3.8) is 0 Å². The lowest BCUT2D eigenvalue weighted by Crippen LogP contribution is -2.25. The van der Waals surface area contributed by atoms with Crippen molar-refractivity contribution < 1.29 is 4.79 Å². The Bertz CT molecular complexity index is 660. The molecule has 0 amide bonds. The number of rotatable bonds is 1. The van der Waals surface area contributed by atoms with Crippen LogP contribution in [0.1, 0.15) is 0 Å². The van der Waals surface area contributed by atoms with E-state index in [-0.39, 0.29) is 5.56 Å². The molecule has 2 aromatic heterocycles. The molecule has 0 saturated heterocycles. The number of aromatic nitrogens is 2. The zero-order valence-corrected chi connectivity index (χ0v) is 9.46. The van der Waals surface area contributed by atoms with Crippen LogP contribution in [-0.4, -0.2) is 13.8 Å². The first kappa shape index (κ1) is 11.4. The first-order valence-corrected chi connectivity index (χ1v) is 5.54. The lowest BCUT2D eigenvalue weighted by Gasteiger charge is -2.04. The molecule has 0 N–H and O–H groups in total. The smallest absolute Gasteiger partial charge is 0.269 e. The van der Waals surface area contributed by atoms with E-state index in [1.54, 1.807) is 24.3 Å². The van der Waals surface area contributed by atoms with Crippen molar-refractivity contribution in [2.24, 2.45) is 0 Å². The average Bonchev–Trinajstić information content (AvgIpc) is 2.32. The van der Waals surface area contributed by atoms with Gasteiger partial charge in [-0.2, -0.15) is 0 Å². The molecule has 2 heterocycles. The molecule has 2 rings (SSSR count). The van der Waals surface area contributed by atoms with E-state index in [0.29, 0.717) is 11.9 Å². The Kier molecular flexibility index (Phi) is 3.24. The molecule has 0 bridgehead atoms. The van der Waals surface area contributed by atoms with E-state index < -0.39 is 10.8 Å². The maximum Gasteiger partial charge on any atom is 0.313 e. The molecular formula is C11H8N2O3S. The van der Waals surface area contributed by atoms with Gasteiger partial charge >= 0.3 is 5.24 Å². The predicted octanol–water partition coefficient (Wildman–Crippen LogP) is 1.17. The van der Waals surface area contributed by atoms with Crippen molar-refractivity contribution in [1.82, 2.24) is 8.54 Å². The van der Waals surface area contributed by atoms with Gasteiger partial charge in [0.15, 0.2) is 0 Å². The highest BCUT2D eigenvalue weighted by Crippen LogP contribution is 2.05. The molecular weight excluding hydrogens is 240 g/mol. The predicted molar refractivity (Wildman–Crippen MR) is 65.2 cm³/mol. The lowest BCUT2D eigenvalue weighted by atomic mass is 10.5. The van der Waals surface area contributed by atoms with Crippen molar-refractivity contribution in [1.29, 1.82) is 0 Å². The van der Waals surface area contributed by atoms with Gasteiger partial charge in [-0.1, -0.05) is 12.1 Å². The van der Waals surface area contributed by atoms with Crippen molar-refractivity contribution in [2.45, 2.75) is 0 Å². The van der Waals surface area contributed by atoms with Crippen LogP contribution in [0.3, 0.4) is 0 Å². The zero-order valence-electron chi connectivity index (χ0n) is 8.65. The molecule has 0 spiro atoms. The van der Waals surface area contributed by atoms with Crippen LogP contribution >= 0.6 is 11.9 Å². The fraction of sp³-hybridized carbons (Fsp3) is 0. The Morgan fingerprint density at radius 1 is 0.941 bits per heavy atom. The quantitative estimate of drug-likeness (QED) is 0.760. The third kappa shape index (κ3) is 2.54. The summed E-state index contributed by atoms with van der Waals surface area (Å²) >= 11 is 0.666. The Hall–Kier alpha value is -2.08. The topological polar surface area (TPSA) is 61.1 Å². The Labute approximate surface area is 100 Å². The number of hydrogen-bond acceptors (Lipinski definition) is 4. The van der Waals surface area contributed by atoms with E-state index in [2.05, 4.69) is 0 Å². The summed E-state index contributed by atoms with van der Waals surface area (Å²) in [7, 11) is 0. The molecule has 0 aliphatic rings. The van der Waals surface area contributed by atoms with Gasteiger partial charge in [-0.05, 0) is 12.1 Å². The molecule has 0 aliphatic heterocycles. The van der Waals surface area contributed by atoms with Crippen LogP contribution in [0.25, 0.3) is 0 Å². The third-order valence-corrected chi connectivity index (χ3v) is 2.84. The number of hydrogen-bond donors (Lipinski definition) is 0. The second-order valence-electron chi connectivity index (χ2n) is 3.13. The summed E-state index contributed by atoms with van der Waals surface area (Å²) in [6, 6.07) is 8.97. The van der Waals surface area contributed by atoms with Gasteiger partial charge in [0.25, 0.3) is 11.1 Å². The highest BCUT2D eigenvalue weighted by atomic mass is 32.2. The molecule has 86 valence electrons. The summed E-state index contributed by atoms with van der Waals surface area (Å²) in [5.74, 6) is 0. The fourth-order valence-electron chi connectivity index (χ4n) is 1.19. The van der Waals surface area contributed by atoms with Gasteiger partial charge in [0.1, 0.15) is 0 Å². The van der Waals surface area contributed by atoms with Crippen LogP contribution in [-0.2, 0) is 0 Å². The summed E-state index contributed by atoms with van der Waals surface area (Å²) < 4.78 is 2.12. The second-order valence-corrected chi connectivity index (χ2v) is 4.06. The van der Waals surface area contributed by atoms with Gasteiger partial charge in [-0.25, -0.2) is 8.54 Å². The summed E-state index contributed by atoms with van der Waals surface area (Å²) in [6.45, 7) is 0. The van der Waals surface area contributed by atoms with E-state index in [0.717, 1.165) is 4.57 Å². The molecule has 5 nitrogen and oxygen atoms in total. The minimum absolute atomic E-state index is 0.310. The largest absolute Gasteiger partial charge is 0.313 e. The van der Waals surface area contributed by atoms with Crippen LogP contribution in [0.4, 0.5) is 4.79 Å². The van der Waals surface area contributed by atoms with Crippen molar-refractivity contribution in [3.8, 4) is 0 Å². The van der Waals surface area contributed by atoms with Crippen LogP contribution in [0.15, 0.2) is 58.4 Å². The summed E-state index contributed by atoms with van der Waals surface area (Å²) in [4.78, 5) is 34.5. The SMILES string of the molecule is O=C(Sn1ccccc1=O)n1ccccc1=O. The molecule has 0 atom stereocenters. The molecule has 0 unspecified atom stereocenters. The Morgan fingerprint density at radius 3 is 2.24 bits per heavy atom. The zero-order chi connectivity index (χ0) is 12.3. The molecule has 17 heavy (non-hydrogen) atoms. The van der Waals surface area contributed by atoms with E-state index in [9.17, 15) is 14.4 Å². The van der Waals surface area contributed by atoms with Crippen LogP contribution < -0.4 is 11.1 Å². The van der Waals surface area contributed by atoms with Gasteiger partial charge in [-0.3, -0.25) is 14.4 Å². The van der Waals surface area contributed by atoms with Crippen molar-refractivity contribution in [3.05, 3.63) is 69.5 Å². The number of nitrogens with zero attached hydrogens (tertiary/aromatic N) is 2. The van der Waals surface area contributed by atoms with Crippen LogP contribution in [0.2, 0.25) is 0 Å². The molecule has 2 aromatic rings. The van der Waals surface area contributed by atoms with Crippen molar-refractivity contribution in [2.75, 3.05) is 0 Å². The maximum atomic E-state index is 11.8. The molecule has 6 heteroatoms. The van der Waals surface area contributed by atoms with Gasteiger partial charge in [-0.15, -0.1) is 0 Å². The molecule has 0 fully saturated rings. The third-order valence-electron chi connectivity index (χ3n) is 1.98. The van der Waals surface area contributed by atoms with Crippen LogP contribution in [0.5, 0.6) is 0 Å². The molecule has 0 saturated carbocycles. The second kappa shape index (κ2) is 4.84. The maximum absolute atomic E-state index is 11.8. The molecule has 0 aliphatic carbocycles. The van der Waals surface area contributed by atoms with Gasteiger partial charge < -0.3 is 0 Å². The first-order chi connectivity index (χ1) is 8.18. The normalized spacial score (nSPS) is 10.1. The number of pyridine rings is 2. The minimum atomic E-state index is -0.524. The van der Waals surface area contributed by atoms with E-state index in [4.69, 9.17) is 0 Å². The standard InChI is InChI=1S/C11H8N2O3S/c14-9-5-1-3-7-12(9)11(16)17-13-8-4-2-6-10(13)15/h1-8H. The fourth-order valence-corrected chi connectivity index (χ4v) is 1.88. The molecule has 0 radical (unpaired) electrons. The summed E-state index contributed by atoms with van der Waals surface area (Å²) in [6.07, 6.45) is 2.84. The van der Waals surface area contributed by atoms with E-state index in [1.165, 1.54) is 28.5 Å². The van der Waals surface area contributed by atoms with E-state index in [1.807, 2.05) is 0 Å². The van der Waals surface area contributed by atoms with Crippen molar-refractivity contribution >= 4 is 17.2 Å². The number of carbonyl (C=O) groups is 1. The summed E-state index contributed by atoms with van der Waals surface area (Å²) in [5.41, 5.74) is -0.733. The lowest BCUT2D eigenvalue weighted by molar-refractivity contribution is 0.261. The number of carbonyl (C=O) groups excluding carboxylic acids is 1. The van der Waals surface area contributed by atoms with Gasteiger partial charge in [0.2, 0.25) is 0 Å². The average molecular weight is 248 g/mol. The van der Waals surface area contributed by atoms with E-state index >= 15 is 0 Å².